The van der Waals surface area contributed by atoms with Crippen LogP contribution < -0.4 is 36.4 Å². The third-order valence-corrected chi connectivity index (χ3v) is 12.5. The highest BCUT2D eigenvalue weighted by molar-refractivity contribution is 6.22. The fourth-order valence-electron chi connectivity index (χ4n) is 8.46. The number of anilines is 5. The number of hydrogen-bond acceptors (Lipinski definition) is 10. The van der Waals surface area contributed by atoms with Crippen LogP contribution in [0.4, 0.5) is 38.0 Å². The summed E-state index contributed by atoms with van der Waals surface area (Å²) in [6.45, 7) is 8.85. The summed E-state index contributed by atoms with van der Waals surface area (Å²) in [5.74, 6) is -1.35. The molecule has 2 unspecified atom stereocenters. The van der Waals surface area contributed by atoms with E-state index in [0.29, 0.717) is 56.6 Å². The van der Waals surface area contributed by atoms with E-state index in [1.807, 2.05) is 138 Å². The molecule has 7 aromatic rings. The number of Topliss-reactive ketones (excluding diaryl/α,β-unsaturated/α-hetero) is 2. The number of urea groups is 2. The Balaban J connectivity index is 0.000000202. The Labute approximate surface area is 441 Å². The van der Waals surface area contributed by atoms with Crippen LogP contribution in [-0.2, 0) is 14.4 Å². The van der Waals surface area contributed by atoms with E-state index in [-0.39, 0.29) is 24.7 Å². The van der Waals surface area contributed by atoms with Crippen molar-refractivity contribution in [3.05, 3.63) is 215 Å². The minimum Gasteiger partial charge on any atom is -0.388 e. The Bertz CT molecular complexity index is 3370. The Hall–Kier alpha value is -9.57. The fourth-order valence-corrected chi connectivity index (χ4v) is 8.46. The van der Waals surface area contributed by atoms with E-state index in [1.165, 1.54) is 9.80 Å². The van der Waals surface area contributed by atoms with Crippen LogP contribution in [0, 0.1) is 19.3 Å². The first-order chi connectivity index (χ1) is 36.6. The quantitative estimate of drug-likeness (QED) is 0.0744. The number of para-hydroxylation sites is 2. The number of nitrogens with one attached hydrogen (secondary N) is 5. The predicted molar refractivity (Wildman–Crippen MR) is 299 cm³/mol. The Morgan fingerprint density at radius 2 is 1.08 bits per heavy atom. The molecule has 0 radical (unpaired) electrons. The minimum atomic E-state index is -1.29. The molecule has 16 heteroatoms. The van der Waals surface area contributed by atoms with Crippen LogP contribution in [0.1, 0.15) is 64.6 Å². The molecule has 2 aliphatic rings. The summed E-state index contributed by atoms with van der Waals surface area (Å²) in [5.41, 5.74) is 8.38. The minimum absolute atomic E-state index is 0.121. The van der Waals surface area contributed by atoms with Gasteiger partial charge in [0.05, 0.1) is 41.6 Å². The van der Waals surface area contributed by atoms with E-state index in [9.17, 15) is 28.8 Å². The molecule has 384 valence electrons. The van der Waals surface area contributed by atoms with Crippen molar-refractivity contribution < 1.29 is 28.8 Å². The molecule has 0 bridgehead atoms. The van der Waals surface area contributed by atoms with Gasteiger partial charge in [0.2, 0.25) is 12.3 Å². The normalized spacial score (nSPS) is 14.9. The molecule has 6 aromatic carbocycles. The van der Waals surface area contributed by atoms with Crippen LogP contribution in [0.15, 0.2) is 186 Å². The standard InChI is InChI=1S/C32H28N4O3.C28H30N6O3/c1-21-11-10-15-24(19-21)33-32(39)35-30-31(38)36(20-28(37)25-16-7-6-12-22(25)2)27-18-9-8-17-26(27)29(34-30)23-13-4-3-5-14-23;1-28(2,3)23(35)17-34-22-14-6-5-12-20(22)24(21-13-7-8-15-30-21)32-25(26(34)36)33-27(37)31-19-11-9-10-18(16-19)29-4/h3-19,30H,20H2,1-2H3,(H2,33,35,39);5-16,25,29H,17H2,1-4H3,(H2,31,33,37). The zero-order valence-corrected chi connectivity index (χ0v) is 43.0. The van der Waals surface area contributed by atoms with Gasteiger partial charge < -0.3 is 36.4 Å². The number of fused-ring (bicyclic) bond motifs is 2. The zero-order valence-electron chi connectivity index (χ0n) is 43.0. The maximum atomic E-state index is 14.0. The van der Waals surface area contributed by atoms with E-state index >= 15 is 0 Å². The van der Waals surface area contributed by atoms with Gasteiger partial charge in [0.15, 0.2) is 11.6 Å². The van der Waals surface area contributed by atoms with Crippen molar-refractivity contribution in [3.63, 3.8) is 0 Å². The van der Waals surface area contributed by atoms with Crippen molar-refractivity contribution in [2.24, 2.45) is 15.4 Å². The molecule has 1 aromatic heterocycles. The number of pyridine rings is 1. The van der Waals surface area contributed by atoms with E-state index in [0.717, 1.165) is 22.4 Å². The average molecular weight is 1020 g/mol. The van der Waals surface area contributed by atoms with Crippen LogP contribution in [0.3, 0.4) is 0 Å². The summed E-state index contributed by atoms with van der Waals surface area (Å²) >= 11 is 0. The third kappa shape index (κ3) is 12.6. The Morgan fingerprint density at radius 3 is 1.67 bits per heavy atom. The Morgan fingerprint density at radius 1 is 0.553 bits per heavy atom. The molecule has 6 amide bonds. The lowest BCUT2D eigenvalue weighted by molar-refractivity contribution is -0.127. The molecule has 2 atom stereocenters. The monoisotopic (exact) mass is 1010 g/mol. The number of nitrogens with zero attached hydrogens (tertiary/aromatic N) is 5. The molecule has 0 fully saturated rings. The maximum absolute atomic E-state index is 14.0. The second-order valence-corrected chi connectivity index (χ2v) is 19.0. The maximum Gasteiger partial charge on any atom is 0.321 e. The lowest BCUT2D eigenvalue weighted by atomic mass is 9.90. The van der Waals surface area contributed by atoms with E-state index in [2.05, 4.69) is 36.6 Å². The van der Waals surface area contributed by atoms with E-state index in [1.54, 1.807) is 80.0 Å². The summed E-state index contributed by atoms with van der Waals surface area (Å²) < 4.78 is 0. The molecule has 0 saturated carbocycles. The average Bonchev–Trinajstić information content (AvgIpc) is 3.61. The summed E-state index contributed by atoms with van der Waals surface area (Å²) in [7, 11) is 1.78. The molecular formula is C60H58N10O6. The highest BCUT2D eigenvalue weighted by Crippen LogP contribution is 2.31. The smallest absolute Gasteiger partial charge is 0.321 e. The molecular weight excluding hydrogens is 957 g/mol. The number of aromatic nitrogens is 1. The number of carbonyl (C=O) groups is 6. The molecule has 3 heterocycles. The van der Waals surface area contributed by atoms with E-state index < -0.39 is 41.6 Å². The number of hydrogen-bond donors (Lipinski definition) is 5. The van der Waals surface area contributed by atoms with Crippen molar-refractivity contribution in [2.75, 3.05) is 45.9 Å². The molecule has 0 saturated heterocycles. The van der Waals surface area contributed by atoms with Gasteiger partial charge in [-0.05, 0) is 79.6 Å². The van der Waals surface area contributed by atoms with Gasteiger partial charge in [-0.25, -0.2) is 19.6 Å². The van der Waals surface area contributed by atoms with Crippen LogP contribution >= 0.6 is 0 Å². The largest absolute Gasteiger partial charge is 0.388 e. The van der Waals surface area contributed by atoms with Gasteiger partial charge in [-0.2, -0.15) is 0 Å². The van der Waals surface area contributed by atoms with Crippen LogP contribution in [-0.4, -0.2) is 84.3 Å². The fraction of sp³-hybridized carbons (Fsp3) is 0.183. The summed E-state index contributed by atoms with van der Waals surface area (Å²) in [5, 5.41) is 13.9. The molecule has 0 spiro atoms. The predicted octanol–water partition coefficient (Wildman–Crippen LogP) is 9.59. The van der Waals surface area contributed by atoms with Gasteiger partial charge >= 0.3 is 12.1 Å². The van der Waals surface area contributed by atoms with Crippen molar-refractivity contribution in [3.8, 4) is 0 Å². The highest BCUT2D eigenvalue weighted by Gasteiger charge is 2.37. The first-order valence-electron chi connectivity index (χ1n) is 24.6. The third-order valence-electron chi connectivity index (χ3n) is 12.5. The van der Waals surface area contributed by atoms with Gasteiger partial charge in [-0.3, -0.25) is 24.2 Å². The van der Waals surface area contributed by atoms with Gasteiger partial charge in [-0.15, -0.1) is 0 Å². The number of benzodiazepines with no additional fused rings is 2. The van der Waals surface area contributed by atoms with Crippen molar-refractivity contribution in [1.82, 2.24) is 15.6 Å². The lowest BCUT2D eigenvalue weighted by Gasteiger charge is -2.28. The number of ketones is 2. The number of rotatable bonds is 12. The topological polar surface area (TPSA) is 207 Å². The number of aryl methyl sites for hydroxylation is 2. The van der Waals surface area contributed by atoms with Crippen LogP contribution in [0.25, 0.3) is 0 Å². The van der Waals surface area contributed by atoms with Gasteiger partial charge in [-0.1, -0.05) is 136 Å². The number of amides is 6. The molecule has 2 aliphatic heterocycles. The van der Waals surface area contributed by atoms with Gasteiger partial charge in [0.1, 0.15) is 0 Å². The molecule has 5 N–H and O–H groups in total. The van der Waals surface area contributed by atoms with Crippen molar-refractivity contribution >= 4 is 75.3 Å². The second kappa shape index (κ2) is 23.5. The molecule has 16 nitrogen and oxygen atoms in total. The number of carbonyl (C=O) groups excluding carboxylic acids is 6. The van der Waals surface area contributed by atoms with Gasteiger partial charge in [0, 0.05) is 58.0 Å². The molecule has 76 heavy (non-hydrogen) atoms. The Kier molecular flexibility index (Phi) is 16.3. The van der Waals surface area contributed by atoms with Crippen LogP contribution in [0.5, 0.6) is 0 Å². The summed E-state index contributed by atoms with van der Waals surface area (Å²) in [6, 6.07) is 50.1. The van der Waals surface area contributed by atoms with Crippen molar-refractivity contribution in [1.29, 1.82) is 0 Å². The number of aliphatic imine (C=N–C) groups is 2. The molecule has 0 aliphatic carbocycles. The molecule has 9 rings (SSSR count). The van der Waals surface area contributed by atoms with Gasteiger partial charge in [0.25, 0.3) is 11.8 Å². The first kappa shape index (κ1) is 52.7. The first-order valence-corrected chi connectivity index (χ1v) is 24.6. The second-order valence-electron chi connectivity index (χ2n) is 19.0. The SMILES string of the molecule is CNc1cccc(NC(=O)NC2N=C(c3ccccn3)c3ccccc3N(CC(=O)C(C)(C)C)C2=O)c1.Cc1cccc(NC(=O)NC2N=C(c3ccccc3)c3ccccc3N(CC(=O)c3ccccc3C)C2=O)c1. The number of benzene rings is 6. The van der Waals surface area contributed by atoms with Crippen molar-refractivity contribution in [2.45, 2.75) is 47.0 Å². The lowest BCUT2D eigenvalue weighted by Crippen LogP contribution is -2.50. The van der Waals surface area contributed by atoms with Crippen LogP contribution in [0.2, 0.25) is 0 Å². The van der Waals surface area contributed by atoms with E-state index in [4.69, 9.17) is 4.99 Å². The highest BCUT2D eigenvalue weighted by atomic mass is 16.2. The summed E-state index contributed by atoms with van der Waals surface area (Å²) in [4.78, 5) is 97.0. The summed E-state index contributed by atoms with van der Waals surface area (Å²) in [6.07, 6.45) is -0.912. The zero-order chi connectivity index (χ0) is 53.9.